The minimum atomic E-state index is -3.70. The summed E-state index contributed by atoms with van der Waals surface area (Å²) in [5.41, 5.74) is 0.627. The maximum atomic E-state index is 13.0. The first kappa shape index (κ1) is 28.4. The molecule has 0 unspecified atom stereocenters. The quantitative estimate of drug-likeness (QED) is 0.381. The normalized spacial score (nSPS) is 18.4. The summed E-state index contributed by atoms with van der Waals surface area (Å²) in [5, 5.41) is 3.95. The lowest BCUT2D eigenvalue weighted by atomic mass is 9.86. The highest BCUT2D eigenvalue weighted by atomic mass is 32.2. The molecule has 1 aromatic heterocycles. The highest BCUT2D eigenvalue weighted by molar-refractivity contribution is 7.89. The maximum Gasteiger partial charge on any atom is 0.407 e. The van der Waals surface area contributed by atoms with E-state index in [-0.39, 0.29) is 29.1 Å². The van der Waals surface area contributed by atoms with Gasteiger partial charge in [0.1, 0.15) is 5.75 Å². The smallest absolute Gasteiger partial charge is 0.407 e. The molecule has 0 radical (unpaired) electrons. The van der Waals surface area contributed by atoms with Crippen molar-refractivity contribution in [3.8, 4) is 16.2 Å². The van der Waals surface area contributed by atoms with Crippen LogP contribution in [0.2, 0.25) is 0 Å². The van der Waals surface area contributed by atoms with Crippen LogP contribution in [0.5, 0.6) is 5.75 Å². The third-order valence-electron chi connectivity index (χ3n) is 6.07. The SMILES string of the molecule is CCNS(=O)(=O)c1cc(OCCC(C)C)ccc1-c1cnc(C2CCC(NC(=O)OC(C)C)CC2)s1. The maximum absolute atomic E-state index is 13.0. The van der Waals surface area contributed by atoms with Crippen LogP contribution in [0.1, 0.15) is 77.6 Å². The summed E-state index contributed by atoms with van der Waals surface area (Å²) in [4.78, 5) is 17.6. The number of thiazole rings is 1. The van der Waals surface area contributed by atoms with Gasteiger partial charge in [-0.2, -0.15) is 0 Å². The van der Waals surface area contributed by atoms with E-state index in [2.05, 4.69) is 28.9 Å². The standard InChI is InChI=1S/C26H39N3O5S2/c1-6-28-36(31,32)24-15-21(33-14-13-17(2)3)11-12-22(24)23-16-27-25(35-23)19-7-9-20(10-8-19)29-26(30)34-18(4)5/h11-12,15-20,28H,6-10,13-14H2,1-5H3,(H,29,30). The fraction of sp³-hybridized carbons (Fsp3) is 0.615. The number of alkyl carbamates (subject to hydrolysis) is 1. The largest absolute Gasteiger partial charge is 0.494 e. The summed E-state index contributed by atoms with van der Waals surface area (Å²) in [5.74, 6) is 1.34. The van der Waals surface area contributed by atoms with Crippen molar-refractivity contribution in [1.82, 2.24) is 15.0 Å². The predicted molar refractivity (Wildman–Crippen MR) is 143 cm³/mol. The van der Waals surface area contributed by atoms with E-state index in [1.165, 1.54) is 11.3 Å². The lowest BCUT2D eigenvalue weighted by molar-refractivity contribution is 0.109. The second-order valence-electron chi connectivity index (χ2n) is 9.90. The summed E-state index contributed by atoms with van der Waals surface area (Å²) >= 11 is 1.54. The molecule has 3 rings (SSSR count). The number of hydrogen-bond acceptors (Lipinski definition) is 7. The molecule has 10 heteroatoms. The first-order chi connectivity index (χ1) is 17.1. The highest BCUT2D eigenvalue weighted by Crippen LogP contribution is 2.40. The third kappa shape index (κ3) is 7.91. The number of aromatic nitrogens is 1. The van der Waals surface area contributed by atoms with Gasteiger partial charge >= 0.3 is 6.09 Å². The molecule has 0 atom stereocenters. The molecule has 1 fully saturated rings. The summed E-state index contributed by atoms with van der Waals surface area (Å²) in [6.07, 6.45) is 5.68. The number of nitrogens with one attached hydrogen (secondary N) is 2. The molecular formula is C26H39N3O5S2. The molecule has 1 aliphatic carbocycles. The number of sulfonamides is 1. The average molecular weight is 538 g/mol. The molecule has 1 heterocycles. The van der Waals surface area contributed by atoms with Gasteiger partial charge < -0.3 is 14.8 Å². The van der Waals surface area contributed by atoms with Crippen LogP contribution in [0.4, 0.5) is 4.79 Å². The molecule has 1 aliphatic rings. The van der Waals surface area contributed by atoms with E-state index in [4.69, 9.17) is 9.47 Å². The number of carbonyl (C=O) groups is 1. The number of ether oxygens (including phenoxy) is 2. The van der Waals surface area contributed by atoms with Crippen LogP contribution in [-0.2, 0) is 14.8 Å². The van der Waals surface area contributed by atoms with Crippen molar-refractivity contribution >= 4 is 27.5 Å². The molecule has 1 aromatic carbocycles. The minimum absolute atomic E-state index is 0.104. The predicted octanol–water partition coefficient (Wildman–Crippen LogP) is 5.69. The number of amides is 1. The van der Waals surface area contributed by atoms with E-state index in [9.17, 15) is 13.2 Å². The molecule has 0 spiro atoms. The Morgan fingerprint density at radius 1 is 1.17 bits per heavy atom. The van der Waals surface area contributed by atoms with Crippen molar-refractivity contribution in [2.45, 2.75) is 89.7 Å². The van der Waals surface area contributed by atoms with E-state index in [0.29, 0.717) is 30.4 Å². The molecule has 8 nitrogen and oxygen atoms in total. The van der Waals surface area contributed by atoms with Crippen LogP contribution in [0.25, 0.3) is 10.4 Å². The van der Waals surface area contributed by atoms with Crippen molar-refractivity contribution in [1.29, 1.82) is 0 Å². The van der Waals surface area contributed by atoms with Gasteiger partial charge in [-0.1, -0.05) is 20.8 Å². The fourth-order valence-electron chi connectivity index (χ4n) is 4.20. The molecule has 36 heavy (non-hydrogen) atoms. The van der Waals surface area contributed by atoms with Gasteiger partial charge in [-0.3, -0.25) is 0 Å². The molecule has 0 saturated heterocycles. The Kier molecular flexibility index (Phi) is 10.2. The van der Waals surface area contributed by atoms with Crippen molar-refractivity contribution in [2.75, 3.05) is 13.2 Å². The third-order valence-corrected chi connectivity index (χ3v) is 8.85. The molecule has 0 bridgehead atoms. The number of hydrogen-bond donors (Lipinski definition) is 2. The zero-order chi connectivity index (χ0) is 26.3. The van der Waals surface area contributed by atoms with Gasteiger partial charge in [0.15, 0.2) is 0 Å². The first-order valence-corrected chi connectivity index (χ1v) is 15.1. The number of nitrogens with zero attached hydrogens (tertiary/aromatic N) is 1. The van der Waals surface area contributed by atoms with E-state index < -0.39 is 10.0 Å². The van der Waals surface area contributed by atoms with Crippen molar-refractivity contribution < 1.29 is 22.7 Å². The van der Waals surface area contributed by atoms with Gasteiger partial charge in [0, 0.05) is 36.3 Å². The molecule has 2 N–H and O–H groups in total. The highest BCUT2D eigenvalue weighted by Gasteiger charge is 2.27. The van der Waals surface area contributed by atoms with Crippen LogP contribution in [0.15, 0.2) is 29.3 Å². The molecule has 1 saturated carbocycles. The van der Waals surface area contributed by atoms with Crippen molar-refractivity contribution in [2.24, 2.45) is 5.92 Å². The first-order valence-electron chi connectivity index (χ1n) is 12.8. The molecule has 1 amide bonds. The van der Waals surface area contributed by atoms with E-state index >= 15 is 0 Å². The Hall–Kier alpha value is -2.17. The van der Waals surface area contributed by atoms with Crippen LogP contribution in [0.3, 0.4) is 0 Å². The number of rotatable bonds is 11. The monoisotopic (exact) mass is 537 g/mol. The van der Waals surface area contributed by atoms with Crippen molar-refractivity contribution in [3.63, 3.8) is 0 Å². The Bertz CT molecular complexity index is 1110. The Balaban J connectivity index is 1.74. The lowest BCUT2D eigenvalue weighted by Crippen LogP contribution is -2.38. The summed E-state index contributed by atoms with van der Waals surface area (Å²) < 4.78 is 39.7. The molecule has 2 aromatic rings. The second-order valence-corrected chi connectivity index (χ2v) is 12.7. The van der Waals surface area contributed by atoms with E-state index in [1.54, 1.807) is 19.2 Å². The van der Waals surface area contributed by atoms with Gasteiger partial charge in [-0.25, -0.2) is 22.9 Å². The molecule has 0 aliphatic heterocycles. The van der Waals surface area contributed by atoms with Crippen LogP contribution >= 0.6 is 11.3 Å². The van der Waals surface area contributed by atoms with Gasteiger partial charge in [-0.05, 0) is 64.0 Å². The van der Waals surface area contributed by atoms with Crippen LogP contribution in [0, 0.1) is 5.92 Å². The number of benzene rings is 1. The fourth-order valence-corrected chi connectivity index (χ4v) is 6.66. The van der Waals surface area contributed by atoms with Gasteiger partial charge in [0.2, 0.25) is 10.0 Å². The lowest BCUT2D eigenvalue weighted by Gasteiger charge is -2.28. The Morgan fingerprint density at radius 3 is 2.53 bits per heavy atom. The van der Waals surface area contributed by atoms with Gasteiger partial charge in [0.05, 0.1) is 27.5 Å². The zero-order valence-corrected chi connectivity index (χ0v) is 23.5. The molecule has 200 valence electrons. The average Bonchev–Trinajstić information content (AvgIpc) is 3.29. The topological polar surface area (TPSA) is 107 Å². The minimum Gasteiger partial charge on any atom is -0.494 e. The number of carbonyl (C=O) groups excluding carboxylic acids is 1. The van der Waals surface area contributed by atoms with Crippen LogP contribution < -0.4 is 14.8 Å². The second kappa shape index (κ2) is 12.9. The summed E-state index contributed by atoms with van der Waals surface area (Å²) in [6, 6.07) is 5.35. The van der Waals surface area contributed by atoms with E-state index in [0.717, 1.165) is 42.0 Å². The van der Waals surface area contributed by atoms with Gasteiger partial charge in [-0.15, -0.1) is 11.3 Å². The zero-order valence-electron chi connectivity index (χ0n) is 21.9. The Labute approximate surface area is 219 Å². The summed E-state index contributed by atoms with van der Waals surface area (Å²) in [6.45, 7) is 10.5. The Morgan fingerprint density at radius 2 is 1.89 bits per heavy atom. The van der Waals surface area contributed by atoms with E-state index in [1.807, 2.05) is 26.0 Å². The summed E-state index contributed by atoms with van der Waals surface area (Å²) in [7, 11) is -3.70. The van der Waals surface area contributed by atoms with Crippen LogP contribution in [-0.4, -0.2) is 44.8 Å². The van der Waals surface area contributed by atoms with Crippen molar-refractivity contribution in [3.05, 3.63) is 29.4 Å². The van der Waals surface area contributed by atoms with Gasteiger partial charge in [0.25, 0.3) is 0 Å². The molecular weight excluding hydrogens is 498 g/mol.